The van der Waals surface area contributed by atoms with Crippen LogP contribution in [0.15, 0.2) is 0 Å². The Morgan fingerprint density at radius 2 is 1.72 bits per heavy atom. The van der Waals surface area contributed by atoms with Crippen molar-refractivity contribution >= 4 is 11.9 Å². The van der Waals surface area contributed by atoms with Crippen LogP contribution in [-0.2, 0) is 14.3 Å². The summed E-state index contributed by atoms with van der Waals surface area (Å²) in [7, 11) is 0. The summed E-state index contributed by atoms with van der Waals surface area (Å²) in [5.41, 5.74) is 0. The Bertz CT molecular complexity index is 332. The van der Waals surface area contributed by atoms with E-state index in [4.69, 9.17) is 9.84 Å². The Hall–Kier alpha value is -1.14. The molecule has 3 N–H and O–H groups in total. The Morgan fingerprint density at radius 3 is 2.33 bits per heavy atom. The predicted octanol–water partition coefficient (Wildman–Crippen LogP) is 0.0383. The lowest BCUT2D eigenvalue weighted by atomic mass is 9.92. The van der Waals surface area contributed by atoms with Gasteiger partial charge in [0.05, 0.1) is 12.1 Å². The molecule has 2 fully saturated rings. The lowest BCUT2D eigenvalue weighted by Crippen LogP contribution is -2.48. The molecule has 0 spiro atoms. The highest BCUT2D eigenvalue weighted by Crippen LogP contribution is 2.22. The van der Waals surface area contributed by atoms with Crippen molar-refractivity contribution in [1.82, 2.24) is 5.32 Å². The molecule has 1 amide bonds. The molecule has 1 aliphatic carbocycles. The molecule has 1 saturated heterocycles. The van der Waals surface area contributed by atoms with Crippen LogP contribution in [0, 0.1) is 0 Å². The zero-order valence-corrected chi connectivity index (χ0v) is 10.2. The molecule has 2 aliphatic rings. The number of ether oxygens (including phenoxy) is 1. The number of rotatable bonds is 3. The lowest BCUT2D eigenvalue weighted by Gasteiger charge is -2.29. The monoisotopic (exact) mass is 257 g/mol. The summed E-state index contributed by atoms with van der Waals surface area (Å²) in [6.45, 7) is 0. The Morgan fingerprint density at radius 1 is 1.06 bits per heavy atom. The third-order valence-electron chi connectivity index (χ3n) is 3.64. The van der Waals surface area contributed by atoms with Gasteiger partial charge in [-0.05, 0) is 25.7 Å². The van der Waals surface area contributed by atoms with Gasteiger partial charge in [-0.1, -0.05) is 12.8 Å². The van der Waals surface area contributed by atoms with Crippen molar-refractivity contribution in [3.05, 3.63) is 0 Å². The molecule has 1 saturated carbocycles. The van der Waals surface area contributed by atoms with Gasteiger partial charge in [0.15, 0.2) is 6.10 Å². The van der Waals surface area contributed by atoms with Crippen molar-refractivity contribution in [2.75, 3.05) is 0 Å². The number of aliphatic carboxylic acids is 1. The fraction of sp³-hybridized carbons (Fsp3) is 0.833. The van der Waals surface area contributed by atoms with Crippen molar-refractivity contribution in [3.63, 3.8) is 0 Å². The van der Waals surface area contributed by atoms with E-state index < -0.39 is 24.3 Å². The first-order valence-electron chi connectivity index (χ1n) is 6.44. The summed E-state index contributed by atoms with van der Waals surface area (Å²) in [5, 5.41) is 21.3. The Labute approximate surface area is 105 Å². The number of hydrogen-bond donors (Lipinski definition) is 3. The number of carbonyl (C=O) groups excluding carboxylic acids is 1. The predicted molar refractivity (Wildman–Crippen MR) is 61.9 cm³/mol. The number of carboxylic acid groups (broad SMARTS) is 1. The van der Waals surface area contributed by atoms with Gasteiger partial charge in [-0.25, -0.2) is 4.79 Å². The molecule has 4 atom stereocenters. The van der Waals surface area contributed by atoms with Gasteiger partial charge in [-0.2, -0.15) is 0 Å². The maximum atomic E-state index is 11.9. The van der Waals surface area contributed by atoms with E-state index in [2.05, 4.69) is 5.32 Å². The van der Waals surface area contributed by atoms with Crippen LogP contribution in [0.1, 0.15) is 38.5 Å². The van der Waals surface area contributed by atoms with Crippen LogP contribution in [-0.4, -0.2) is 46.4 Å². The molecular formula is C12H19NO5. The van der Waals surface area contributed by atoms with Gasteiger partial charge in [0.2, 0.25) is 5.91 Å². The van der Waals surface area contributed by atoms with E-state index in [9.17, 15) is 14.7 Å². The third-order valence-corrected chi connectivity index (χ3v) is 3.64. The van der Waals surface area contributed by atoms with E-state index in [0.29, 0.717) is 19.3 Å². The van der Waals surface area contributed by atoms with Crippen LogP contribution in [0.2, 0.25) is 0 Å². The first kappa shape index (κ1) is 13.3. The number of carboxylic acids is 1. The van der Waals surface area contributed by atoms with Crippen LogP contribution in [0.3, 0.4) is 0 Å². The van der Waals surface area contributed by atoms with Gasteiger partial charge >= 0.3 is 5.97 Å². The minimum absolute atomic E-state index is 0.223. The average Bonchev–Trinajstić information content (AvgIpc) is 2.81. The molecule has 18 heavy (non-hydrogen) atoms. The molecule has 2 unspecified atom stereocenters. The number of aliphatic hydroxyl groups excluding tert-OH is 1. The quantitative estimate of drug-likeness (QED) is 0.663. The maximum Gasteiger partial charge on any atom is 0.332 e. The first-order chi connectivity index (χ1) is 8.58. The first-order valence-corrected chi connectivity index (χ1v) is 6.44. The summed E-state index contributed by atoms with van der Waals surface area (Å²) < 4.78 is 5.17. The SMILES string of the molecule is O=C(O)C1CCC(C(=O)N[C@H]2CCCC[C@@H]2O)O1. The highest BCUT2D eigenvalue weighted by molar-refractivity contribution is 5.82. The summed E-state index contributed by atoms with van der Waals surface area (Å²) >= 11 is 0. The second kappa shape index (κ2) is 5.67. The number of aliphatic hydroxyl groups is 1. The van der Waals surface area contributed by atoms with Crippen LogP contribution in [0.5, 0.6) is 0 Å². The van der Waals surface area contributed by atoms with Crippen molar-refractivity contribution in [3.8, 4) is 0 Å². The minimum atomic E-state index is -1.02. The van der Waals surface area contributed by atoms with Crippen LogP contribution in [0.25, 0.3) is 0 Å². The van der Waals surface area contributed by atoms with E-state index in [1.165, 1.54) is 0 Å². The highest BCUT2D eigenvalue weighted by atomic mass is 16.5. The van der Waals surface area contributed by atoms with Gasteiger partial charge in [-0.15, -0.1) is 0 Å². The van der Waals surface area contributed by atoms with Crippen LogP contribution >= 0.6 is 0 Å². The van der Waals surface area contributed by atoms with E-state index in [-0.39, 0.29) is 11.9 Å². The molecule has 102 valence electrons. The number of hydrogen-bond acceptors (Lipinski definition) is 4. The second-order valence-electron chi connectivity index (χ2n) is 5.00. The topological polar surface area (TPSA) is 95.9 Å². The zero-order valence-electron chi connectivity index (χ0n) is 10.2. The molecule has 1 heterocycles. The molecule has 0 aromatic carbocycles. The molecule has 0 aromatic heterocycles. The van der Waals surface area contributed by atoms with E-state index in [1.807, 2.05) is 0 Å². The summed E-state index contributed by atoms with van der Waals surface area (Å²) in [6, 6.07) is -0.223. The molecule has 6 heteroatoms. The van der Waals surface area contributed by atoms with Gasteiger partial charge in [-0.3, -0.25) is 4.79 Å². The van der Waals surface area contributed by atoms with Crippen LogP contribution in [0.4, 0.5) is 0 Å². The van der Waals surface area contributed by atoms with Gasteiger partial charge in [0, 0.05) is 0 Å². The lowest BCUT2D eigenvalue weighted by molar-refractivity contribution is -0.152. The highest BCUT2D eigenvalue weighted by Gasteiger charge is 2.36. The normalized spacial score (nSPS) is 36.3. The smallest absolute Gasteiger partial charge is 0.332 e. The molecule has 6 nitrogen and oxygen atoms in total. The molecule has 1 aliphatic heterocycles. The largest absolute Gasteiger partial charge is 0.479 e. The molecular weight excluding hydrogens is 238 g/mol. The standard InChI is InChI=1S/C12H19NO5/c14-8-4-2-1-3-7(8)13-11(15)9-5-6-10(18-9)12(16)17/h7-10,14H,1-6H2,(H,13,15)(H,16,17)/t7-,8-,9?,10?/m0/s1. The Balaban J connectivity index is 1.83. The van der Waals surface area contributed by atoms with Crippen molar-refractivity contribution < 1.29 is 24.5 Å². The fourth-order valence-corrected chi connectivity index (χ4v) is 2.57. The van der Waals surface area contributed by atoms with Crippen LogP contribution < -0.4 is 5.32 Å². The zero-order chi connectivity index (χ0) is 13.1. The van der Waals surface area contributed by atoms with E-state index in [0.717, 1.165) is 19.3 Å². The van der Waals surface area contributed by atoms with Crippen molar-refractivity contribution in [2.45, 2.75) is 62.9 Å². The van der Waals surface area contributed by atoms with Crippen molar-refractivity contribution in [2.24, 2.45) is 0 Å². The van der Waals surface area contributed by atoms with E-state index >= 15 is 0 Å². The van der Waals surface area contributed by atoms with E-state index in [1.54, 1.807) is 0 Å². The summed E-state index contributed by atoms with van der Waals surface area (Å²) in [6.07, 6.45) is 2.15. The Kier molecular flexibility index (Phi) is 4.19. The molecule has 0 bridgehead atoms. The number of carbonyl (C=O) groups is 2. The third kappa shape index (κ3) is 3.00. The minimum Gasteiger partial charge on any atom is -0.479 e. The summed E-state index contributed by atoms with van der Waals surface area (Å²) in [4.78, 5) is 22.6. The number of nitrogens with one attached hydrogen (secondary N) is 1. The van der Waals surface area contributed by atoms with Gasteiger partial charge < -0.3 is 20.3 Å². The molecule has 0 radical (unpaired) electrons. The fourth-order valence-electron chi connectivity index (χ4n) is 2.57. The molecule has 0 aromatic rings. The van der Waals surface area contributed by atoms with Gasteiger partial charge in [0.1, 0.15) is 6.10 Å². The second-order valence-corrected chi connectivity index (χ2v) is 5.00. The van der Waals surface area contributed by atoms with Crippen molar-refractivity contribution in [1.29, 1.82) is 0 Å². The van der Waals surface area contributed by atoms with Gasteiger partial charge in [0.25, 0.3) is 0 Å². The average molecular weight is 257 g/mol. The number of amides is 1. The molecule has 2 rings (SSSR count). The maximum absolute atomic E-state index is 11.9. The summed E-state index contributed by atoms with van der Waals surface area (Å²) in [5.74, 6) is -1.33.